The Labute approximate surface area is 141 Å². The predicted molar refractivity (Wildman–Crippen MR) is 92.2 cm³/mol. The van der Waals surface area contributed by atoms with Gasteiger partial charge >= 0.3 is 0 Å². The van der Waals surface area contributed by atoms with Gasteiger partial charge in [-0.05, 0) is 48.6 Å². The average Bonchev–Trinajstić information content (AvgIpc) is 3.07. The van der Waals surface area contributed by atoms with Crippen molar-refractivity contribution in [3.05, 3.63) is 51.2 Å². The molecule has 2 heterocycles. The molecule has 3 rings (SSSR count). The molecule has 1 aromatic heterocycles. The molecule has 1 aliphatic heterocycles. The van der Waals surface area contributed by atoms with E-state index in [1.54, 1.807) is 0 Å². The third-order valence-corrected chi connectivity index (χ3v) is 5.48. The number of phenolic OH excluding ortho intramolecular Hbond substituents is 1. The fraction of sp³-hybridized carbons (Fsp3) is 0.389. The Morgan fingerprint density at radius 3 is 2.61 bits per heavy atom. The number of quaternary nitrogens is 1. The molecule has 0 radical (unpaired) electrons. The lowest BCUT2D eigenvalue weighted by Gasteiger charge is -2.32. The van der Waals surface area contributed by atoms with Gasteiger partial charge in [0, 0.05) is 5.56 Å². The fourth-order valence-corrected chi connectivity index (χ4v) is 3.72. The number of aryl methyl sites for hydroxylation is 2. The molecule has 0 aliphatic carbocycles. The summed E-state index contributed by atoms with van der Waals surface area (Å²) in [7, 11) is 0. The topological polar surface area (TPSA) is 45.0 Å². The Hall–Kier alpha value is -1.85. The maximum Gasteiger partial charge on any atom is 0.264 e. The molecule has 1 fully saturated rings. The molecular weight excluding hydrogens is 308 g/mol. The second kappa shape index (κ2) is 6.72. The summed E-state index contributed by atoms with van der Waals surface area (Å²) in [5.74, 6) is 0.533. The molecule has 0 saturated carbocycles. The van der Waals surface area contributed by atoms with Crippen LogP contribution >= 0.6 is 11.3 Å². The van der Waals surface area contributed by atoms with Crippen LogP contribution in [0.4, 0.5) is 0 Å². The van der Waals surface area contributed by atoms with Crippen LogP contribution < -0.4 is 4.90 Å². The number of piperazine rings is 1. The number of aromatic hydroxyl groups is 1. The molecule has 122 valence electrons. The van der Waals surface area contributed by atoms with Crippen molar-refractivity contribution < 1.29 is 14.8 Å². The van der Waals surface area contributed by atoms with Gasteiger partial charge in [-0.1, -0.05) is 6.07 Å². The molecule has 0 unspecified atom stereocenters. The van der Waals surface area contributed by atoms with Gasteiger partial charge in [0.1, 0.15) is 12.3 Å². The number of carbonyl (C=O) groups is 1. The van der Waals surface area contributed by atoms with E-state index in [-0.39, 0.29) is 5.91 Å². The first-order chi connectivity index (χ1) is 11.0. The third-order valence-electron chi connectivity index (χ3n) is 4.63. The summed E-state index contributed by atoms with van der Waals surface area (Å²) in [4.78, 5) is 16.5. The van der Waals surface area contributed by atoms with E-state index in [0.717, 1.165) is 48.7 Å². The lowest BCUT2D eigenvalue weighted by Crippen LogP contribution is -3.13. The van der Waals surface area contributed by atoms with Gasteiger partial charge in [-0.25, -0.2) is 0 Å². The summed E-state index contributed by atoms with van der Waals surface area (Å²) < 4.78 is 0. The first-order valence-electron chi connectivity index (χ1n) is 8.00. The first-order valence-corrected chi connectivity index (χ1v) is 8.88. The summed E-state index contributed by atoms with van der Waals surface area (Å²) in [6, 6.07) is 7.74. The molecule has 0 spiro atoms. The van der Waals surface area contributed by atoms with Crippen LogP contribution in [-0.2, 0) is 6.54 Å². The Balaban J connectivity index is 1.59. The van der Waals surface area contributed by atoms with Gasteiger partial charge in [0.15, 0.2) is 0 Å². The standard InChI is InChI=1S/C18H22N2O2S/c1-13-10-15(16(21)11-14(13)2)12-19-5-7-20(8-6-19)18(22)17-4-3-9-23-17/h3-4,9-11,21H,5-8,12H2,1-2H3/p+1. The molecule has 1 aromatic carbocycles. The number of carbonyl (C=O) groups excluding carboxylic acids is 1. The molecule has 0 atom stereocenters. The molecule has 23 heavy (non-hydrogen) atoms. The van der Waals surface area contributed by atoms with Crippen LogP contribution in [-0.4, -0.2) is 42.1 Å². The van der Waals surface area contributed by atoms with Crippen molar-refractivity contribution >= 4 is 17.2 Å². The van der Waals surface area contributed by atoms with E-state index in [1.807, 2.05) is 35.4 Å². The quantitative estimate of drug-likeness (QED) is 0.898. The van der Waals surface area contributed by atoms with Crippen LogP contribution in [0.15, 0.2) is 29.6 Å². The number of nitrogens with one attached hydrogen (secondary N) is 1. The first kappa shape index (κ1) is 16.0. The number of hydrogen-bond acceptors (Lipinski definition) is 3. The van der Waals surface area contributed by atoms with Crippen molar-refractivity contribution in [1.82, 2.24) is 4.90 Å². The maximum atomic E-state index is 12.3. The summed E-state index contributed by atoms with van der Waals surface area (Å²) in [6.45, 7) is 8.29. The van der Waals surface area contributed by atoms with Gasteiger partial charge in [-0.15, -0.1) is 11.3 Å². The van der Waals surface area contributed by atoms with Gasteiger partial charge < -0.3 is 14.9 Å². The monoisotopic (exact) mass is 331 g/mol. The minimum absolute atomic E-state index is 0.146. The Morgan fingerprint density at radius 1 is 1.26 bits per heavy atom. The lowest BCUT2D eigenvalue weighted by atomic mass is 10.0. The normalized spacial score (nSPS) is 15.8. The molecule has 1 amide bonds. The smallest absolute Gasteiger partial charge is 0.264 e. The van der Waals surface area contributed by atoms with E-state index in [0.29, 0.717) is 5.75 Å². The predicted octanol–water partition coefficient (Wildman–Crippen LogP) is 1.61. The second-order valence-electron chi connectivity index (χ2n) is 6.26. The summed E-state index contributed by atoms with van der Waals surface area (Å²) in [5.41, 5.74) is 3.33. The zero-order chi connectivity index (χ0) is 16.4. The van der Waals surface area contributed by atoms with E-state index >= 15 is 0 Å². The van der Waals surface area contributed by atoms with Crippen LogP contribution in [0.25, 0.3) is 0 Å². The number of thiophene rings is 1. The number of benzene rings is 1. The van der Waals surface area contributed by atoms with Crippen LogP contribution in [0, 0.1) is 13.8 Å². The minimum atomic E-state index is 0.146. The number of nitrogens with zero attached hydrogens (tertiary/aromatic N) is 1. The molecule has 5 heteroatoms. The average molecular weight is 331 g/mol. The lowest BCUT2D eigenvalue weighted by molar-refractivity contribution is -0.917. The number of rotatable bonds is 3. The van der Waals surface area contributed by atoms with Gasteiger partial charge in [0.2, 0.25) is 0 Å². The van der Waals surface area contributed by atoms with E-state index in [1.165, 1.54) is 21.8 Å². The van der Waals surface area contributed by atoms with E-state index in [9.17, 15) is 9.90 Å². The Kier molecular flexibility index (Phi) is 4.68. The van der Waals surface area contributed by atoms with Crippen LogP contribution in [0.2, 0.25) is 0 Å². The van der Waals surface area contributed by atoms with E-state index in [4.69, 9.17) is 0 Å². The summed E-state index contributed by atoms with van der Waals surface area (Å²) in [5, 5.41) is 12.1. The molecule has 2 N–H and O–H groups in total. The number of amides is 1. The molecule has 0 bridgehead atoms. The molecule has 1 saturated heterocycles. The van der Waals surface area contributed by atoms with Crippen molar-refractivity contribution in [2.75, 3.05) is 26.2 Å². The largest absolute Gasteiger partial charge is 0.507 e. The minimum Gasteiger partial charge on any atom is -0.507 e. The molecule has 2 aromatic rings. The molecule has 4 nitrogen and oxygen atoms in total. The molecular formula is C18H23N2O2S+. The summed E-state index contributed by atoms with van der Waals surface area (Å²) in [6.07, 6.45) is 0. The Morgan fingerprint density at radius 2 is 1.96 bits per heavy atom. The highest BCUT2D eigenvalue weighted by molar-refractivity contribution is 7.12. The highest BCUT2D eigenvalue weighted by atomic mass is 32.1. The highest BCUT2D eigenvalue weighted by Crippen LogP contribution is 2.21. The molecule has 1 aliphatic rings. The maximum absolute atomic E-state index is 12.3. The van der Waals surface area contributed by atoms with Crippen molar-refractivity contribution in [3.8, 4) is 5.75 Å². The zero-order valence-corrected chi connectivity index (χ0v) is 14.4. The van der Waals surface area contributed by atoms with E-state index < -0.39 is 0 Å². The number of hydrogen-bond donors (Lipinski definition) is 2. The van der Waals surface area contributed by atoms with Gasteiger partial charge in [-0.2, -0.15) is 0 Å². The second-order valence-corrected chi connectivity index (χ2v) is 7.21. The Bertz CT molecular complexity index is 689. The van der Waals surface area contributed by atoms with Crippen molar-refractivity contribution in [2.24, 2.45) is 0 Å². The van der Waals surface area contributed by atoms with Crippen molar-refractivity contribution in [3.63, 3.8) is 0 Å². The highest BCUT2D eigenvalue weighted by Gasteiger charge is 2.25. The van der Waals surface area contributed by atoms with Crippen LogP contribution in [0.5, 0.6) is 5.75 Å². The SMILES string of the molecule is Cc1cc(O)c(C[NH+]2CCN(C(=O)c3cccs3)CC2)cc1C. The number of phenols is 1. The van der Waals surface area contributed by atoms with Crippen LogP contribution in [0.1, 0.15) is 26.4 Å². The van der Waals surface area contributed by atoms with Gasteiger partial charge in [-0.3, -0.25) is 4.79 Å². The summed E-state index contributed by atoms with van der Waals surface area (Å²) >= 11 is 1.50. The van der Waals surface area contributed by atoms with Crippen molar-refractivity contribution in [1.29, 1.82) is 0 Å². The zero-order valence-electron chi connectivity index (χ0n) is 13.6. The van der Waals surface area contributed by atoms with Crippen molar-refractivity contribution in [2.45, 2.75) is 20.4 Å². The third kappa shape index (κ3) is 3.57. The van der Waals surface area contributed by atoms with Crippen LogP contribution in [0.3, 0.4) is 0 Å². The van der Waals surface area contributed by atoms with Gasteiger partial charge in [0.25, 0.3) is 5.91 Å². The van der Waals surface area contributed by atoms with Gasteiger partial charge in [0.05, 0.1) is 31.1 Å². The van der Waals surface area contributed by atoms with E-state index in [2.05, 4.69) is 13.0 Å². The fourth-order valence-electron chi connectivity index (χ4n) is 3.03.